The second kappa shape index (κ2) is 19.2. The molecule has 2 aliphatic heterocycles. The molecule has 0 radical (unpaired) electrons. The Kier molecular flexibility index (Phi) is 13.4. The number of pyridine rings is 5. The zero-order valence-electron chi connectivity index (χ0n) is 38.7. The molecule has 16 nitrogen and oxygen atoms in total. The minimum absolute atomic E-state index is 0.0756. The van der Waals surface area contributed by atoms with Crippen molar-refractivity contribution in [1.29, 1.82) is 0 Å². The average molecular weight is 959 g/mol. The highest BCUT2D eigenvalue weighted by molar-refractivity contribution is 7.90. The Morgan fingerprint density at radius 3 is 1.93 bits per heavy atom. The third kappa shape index (κ3) is 10.6. The number of sulfone groups is 1. The van der Waals surface area contributed by atoms with Crippen LogP contribution in [0.3, 0.4) is 0 Å². The van der Waals surface area contributed by atoms with Crippen LogP contribution < -0.4 is 32.0 Å². The predicted octanol–water partition coefficient (Wildman–Crippen LogP) is 7.39. The van der Waals surface area contributed by atoms with Crippen LogP contribution in [0.2, 0.25) is 0 Å². The number of anilines is 5. The lowest BCUT2D eigenvalue weighted by Gasteiger charge is -2.31. The molecule has 9 rings (SSSR count). The van der Waals surface area contributed by atoms with E-state index >= 15 is 0 Å². The van der Waals surface area contributed by atoms with Crippen LogP contribution in [-0.2, 0) is 24.8 Å². The number of nitrogens with zero attached hydrogens (tertiary/aromatic N) is 5. The fourth-order valence-corrected chi connectivity index (χ4v) is 9.25. The van der Waals surface area contributed by atoms with Crippen molar-refractivity contribution >= 4 is 72.0 Å². The number of aromatic nitrogens is 5. The van der Waals surface area contributed by atoms with Gasteiger partial charge < -0.3 is 35.7 Å². The lowest BCUT2D eigenvalue weighted by atomic mass is 9.83. The third-order valence-corrected chi connectivity index (χ3v) is 13.8. The highest BCUT2D eigenvalue weighted by Crippen LogP contribution is 2.35. The van der Waals surface area contributed by atoms with E-state index in [0.29, 0.717) is 61.9 Å². The first-order valence-corrected chi connectivity index (χ1v) is 24.2. The van der Waals surface area contributed by atoms with Crippen molar-refractivity contribution in [1.82, 2.24) is 35.1 Å². The first-order valence-electron chi connectivity index (χ1n) is 22.3. The van der Waals surface area contributed by atoms with Crippen LogP contribution in [0.4, 0.5) is 37.6 Å². The average Bonchev–Trinajstić information content (AvgIpc) is 3.70. The largest absolute Gasteiger partial charge is 0.358 e. The molecule has 0 bridgehead atoms. The van der Waals surface area contributed by atoms with E-state index in [4.69, 9.17) is 0 Å². The lowest BCUT2D eigenvalue weighted by molar-refractivity contribution is -0.129. The van der Waals surface area contributed by atoms with Gasteiger partial charge >= 0.3 is 0 Å². The van der Waals surface area contributed by atoms with Crippen molar-refractivity contribution in [2.24, 2.45) is 0 Å². The van der Waals surface area contributed by atoms with Crippen LogP contribution in [0.5, 0.6) is 0 Å². The summed E-state index contributed by atoms with van der Waals surface area (Å²) < 4.78 is 51.6. The number of nitrogens with one attached hydrogen (secondary N) is 5. The molecule has 19 heteroatoms. The maximum Gasteiger partial charge on any atom is 0.266 e. The Hall–Kier alpha value is -7.54. The van der Waals surface area contributed by atoms with E-state index < -0.39 is 21.2 Å². The molecular weight excluding hydrogens is 907 g/mol. The van der Waals surface area contributed by atoms with Crippen molar-refractivity contribution in [3.8, 4) is 11.3 Å². The number of likely N-dealkylation sites (N-methyl/N-ethyl adjacent to an activating group) is 1. The number of halogens is 2. The molecule has 2 amide bonds. The van der Waals surface area contributed by atoms with Crippen molar-refractivity contribution in [3.05, 3.63) is 135 Å². The molecule has 2 fully saturated rings. The maximum absolute atomic E-state index is 13.8. The highest BCUT2D eigenvalue weighted by Gasteiger charge is 2.39. The number of H-pyrrole nitrogens is 2. The van der Waals surface area contributed by atoms with E-state index in [9.17, 15) is 36.4 Å². The summed E-state index contributed by atoms with van der Waals surface area (Å²) in [6, 6.07) is 23.7. The Labute approximate surface area is 396 Å². The Balaban J connectivity index is 0.000000186. The SMILES string of the molecule is CC(=O)N1CCC(c2ccc(Nc3nc(N4CCC(F)(F)C4)cc4cc[nH]c(=O)c34)cc2)CC1.CNC(=O)C(C)(C)c1ccc(Nc2nc(-c3cncc(S(C)(=O)=O)c3)cc3cc[nH]c(=O)c23)cc1. The molecule has 5 N–H and O–H groups in total. The minimum atomic E-state index is -3.45. The fourth-order valence-electron chi connectivity index (χ4n) is 8.65. The second-order valence-electron chi connectivity index (χ2n) is 17.9. The second-order valence-corrected chi connectivity index (χ2v) is 19.9. The van der Waals surface area contributed by atoms with E-state index in [1.807, 2.05) is 67.3 Å². The van der Waals surface area contributed by atoms with Crippen molar-refractivity contribution in [2.45, 2.75) is 62.2 Å². The number of aromatic amines is 2. The van der Waals surface area contributed by atoms with E-state index in [2.05, 4.69) is 40.9 Å². The summed E-state index contributed by atoms with van der Waals surface area (Å²) in [6.45, 7) is 6.64. The zero-order chi connectivity index (χ0) is 49.3. The summed E-state index contributed by atoms with van der Waals surface area (Å²) in [4.78, 5) is 71.1. The standard InChI is InChI=1S/C25H27F2N5O2.C25H25N5O4S/c1-16(33)31-11-7-18(8-12-31)17-2-4-20(5-3-17)29-23-22-19(6-10-28-24(22)34)14-21(30-23)32-13-9-25(26,27)15-32;1-25(2,24(32)26-3)17-5-7-18(8-6-17)29-22-21-15(9-10-28-23(21)31)12-20(30-22)16-11-19(14-27-13-16)35(4,33)34/h2-6,10,14,18H,7-9,11-13,15H2,1H3,(H,28,34)(H,29,30);5-14H,1-4H3,(H,26,32)(H,28,31)(H,29,30). The van der Waals surface area contributed by atoms with Gasteiger partial charge in [0.2, 0.25) is 11.8 Å². The number of fused-ring (bicyclic) bond motifs is 2. The number of alkyl halides is 2. The monoisotopic (exact) mass is 958 g/mol. The normalized spacial score (nSPS) is 15.1. The summed E-state index contributed by atoms with van der Waals surface area (Å²) >= 11 is 0. The fraction of sp³-hybridized carbons (Fsp3) is 0.300. The van der Waals surface area contributed by atoms with E-state index in [1.54, 1.807) is 55.5 Å². The van der Waals surface area contributed by atoms with Gasteiger partial charge in [0.15, 0.2) is 9.84 Å². The van der Waals surface area contributed by atoms with Crippen LogP contribution in [0.25, 0.3) is 32.8 Å². The quantitative estimate of drug-likeness (QED) is 0.0908. The molecule has 0 unspecified atom stereocenters. The Morgan fingerprint density at radius 1 is 0.797 bits per heavy atom. The number of rotatable bonds is 10. The number of benzene rings is 2. The number of piperidine rings is 1. The zero-order valence-corrected chi connectivity index (χ0v) is 39.5. The molecule has 0 atom stereocenters. The predicted molar refractivity (Wildman–Crippen MR) is 264 cm³/mol. The number of amides is 2. The minimum Gasteiger partial charge on any atom is -0.358 e. The van der Waals surface area contributed by atoms with Gasteiger partial charge in [-0.05, 0) is 109 Å². The molecule has 7 heterocycles. The molecule has 2 saturated heterocycles. The molecule has 5 aromatic heterocycles. The van der Waals surface area contributed by atoms with Gasteiger partial charge in [-0.2, -0.15) is 0 Å². The van der Waals surface area contributed by atoms with Gasteiger partial charge in [0, 0.05) is 88.0 Å². The molecule has 0 saturated carbocycles. The summed E-state index contributed by atoms with van der Waals surface area (Å²) in [5.41, 5.74) is 3.09. The first-order chi connectivity index (χ1) is 32.8. The van der Waals surface area contributed by atoms with Gasteiger partial charge in [0.1, 0.15) is 17.5 Å². The number of likely N-dealkylation sites (tertiary alicyclic amines) is 1. The third-order valence-electron chi connectivity index (χ3n) is 12.7. The van der Waals surface area contributed by atoms with Gasteiger partial charge in [-0.3, -0.25) is 24.2 Å². The first kappa shape index (κ1) is 47.9. The highest BCUT2D eigenvalue weighted by atomic mass is 32.2. The molecule has 358 valence electrons. The Morgan fingerprint density at radius 2 is 1.38 bits per heavy atom. The van der Waals surface area contributed by atoms with Crippen LogP contribution in [0.15, 0.2) is 118 Å². The van der Waals surface area contributed by atoms with Crippen molar-refractivity contribution in [2.75, 3.05) is 55.0 Å². The van der Waals surface area contributed by atoms with Crippen molar-refractivity contribution < 1.29 is 26.8 Å². The number of carbonyl (C=O) groups is 2. The van der Waals surface area contributed by atoms with Gasteiger partial charge in [0.25, 0.3) is 17.0 Å². The van der Waals surface area contributed by atoms with E-state index in [0.717, 1.165) is 43.4 Å². The van der Waals surface area contributed by atoms with Gasteiger partial charge in [-0.25, -0.2) is 27.2 Å². The number of hydrogen-bond acceptors (Lipinski definition) is 12. The molecule has 0 spiro atoms. The molecule has 7 aromatic rings. The van der Waals surface area contributed by atoms with Crippen LogP contribution in [-0.4, -0.2) is 95.5 Å². The van der Waals surface area contributed by atoms with Crippen LogP contribution in [0.1, 0.15) is 57.1 Å². The summed E-state index contributed by atoms with van der Waals surface area (Å²) in [6.07, 6.45) is 8.65. The lowest BCUT2D eigenvalue weighted by Crippen LogP contribution is -2.37. The van der Waals surface area contributed by atoms with Gasteiger partial charge in [-0.1, -0.05) is 24.3 Å². The summed E-state index contributed by atoms with van der Waals surface area (Å²) in [7, 11) is -1.86. The molecule has 2 aliphatic rings. The number of hydrogen-bond donors (Lipinski definition) is 5. The van der Waals surface area contributed by atoms with Crippen molar-refractivity contribution in [3.63, 3.8) is 0 Å². The molecule has 0 aliphatic carbocycles. The van der Waals surface area contributed by atoms with Gasteiger partial charge in [0.05, 0.1) is 33.3 Å². The molecular formula is C50H52F2N10O6S. The van der Waals surface area contributed by atoms with E-state index in [1.165, 1.54) is 24.0 Å². The topological polar surface area (TPSA) is 215 Å². The van der Waals surface area contributed by atoms with Crippen LogP contribution >= 0.6 is 0 Å². The summed E-state index contributed by atoms with van der Waals surface area (Å²) in [5.74, 6) is -1.26. The van der Waals surface area contributed by atoms with Gasteiger partial charge in [-0.15, -0.1) is 0 Å². The summed E-state index contributed by atoms with van der Waals surface area (Å²) in [5, 5.41) is 11.1. The maximum atomic E-state index is 13.8. The van der Waals surface area contributed by atoms with Crippen LogP contribution in [0, 0.1) is 0 Å². The molecule has 69 heavy (non-hydrogen) atoms. The Bertz CT molecular complexity index is 3300. The molecule has 2 aromatic carbocycles. The number of carbonyl (C=O) groups excluding carboxylic acids is 2. The smallest absolute Gasteiger partial charge is 0.266 e. The van der Waals surface area contributed by atoms with E-state index in [-0.39, 0.29) is 47.3 Å².